The quantitative estimate of drug-likeness (QED) is 0.200. The Morgan fingerprint density at radius 1 is 0.372 bits per heavy atom. The highest BCUT2D eigenvalue weighted by Crippen LogP contribution is 2.41. The van der Waals surface area contributed by atoms with Crippen molar-refractivity contribution < 1.29 is 0 Å². The molecule has 0 spiro atoms. The molecule has 0 bridgehead atoms. The summed E-state index contributed by atoms with van der Waals surface area (Å²) in [5, 5.41) is 9.70. The van der Waals surface area contributed by atoms with Gasteiger partial charge in [0.05, 0.1) is 0 Å². The Balaban J connectivity index is 1.36. The van der Waals surface area contributed by atoms with E-state index >= 15 is 0 Å². The van der Waals surface area contributed by atoms with Crippen LogP contribution < -0.4 is 0 Å². The van der Waals surface area contributed by atoms with Crippen molar-refractivity contribution in [3.8, 4) is 34.2 Å². The molecule has 0 saturated carbocycles. The fraction of sp³-hybridized carbons (Fsp3) is 0. The molecule has 0 fully saturated rings. The van der Waals surface area contributed by atoms with Crippen LogP contribution in [0.4, 0.5) is 0 Å². The lowest BCUT2D eigenvalue weighted by Crippen LogP contribution is -2.00. The van der Waals surface area contributed by atoms with Crippen molar-refractivity contribution in [1.29, 1.82) is 0 Å². The zero-order chi connectivity index (χ0) is 28.3. The molecule has 9 aromatic rings. The highest BCUT2D eigenvalue weighted by atomic mass is 32.1. The average molecular weight is 566 g/mol. The number of rotatable bonds is 3. The molecule has 0 radical (unpaired) electrons. The zero-order valence-electron chi connectivity index (χ0n) is 23.0. The second-order valence-corrected chi connectivity index (χ2v) is 11.9. The van der Waals surface area contributed by atoms with Crippen LogP contribution in [0.5, 0.6) is 0 Å². The molecule has 7 aromatic carbocycles. The fourth-order valence-electron chi connectivity index (χ4n) is 6.32. The molecule has 2 aromatic heterocycles. The molecular formula is C39H23N3S. The van der Waals surface area contributed by atoms with Gasteiger partial charge in [-0.1, -0.05) is 127 Å². The third kappa shape index (κ3) is 3.84. The van der Waals surface area contributed by atoms with E-state index in [1.807, 2.05) is 18.2 Å². The van der Waals surface area contributed by atoms with E-state index in [0.29, 0.717) is 17.5 Å². The van der Waals surface area contributed by atoms with Gasteiger partial charge < -0.3 is 0 Å². The van der Waals surface area contributed by atoms with E-state index in [1.54, 1.807) is 11.3 Å². The second kappa shape index (κ2) is 9.55. The SMILES string of the molecule is c1ccc(-c2nc(-c3cccc4c3sc3ccccc34)nc(-c3cccc4ccc5c6ccccc6ccc5c34)n2)cc1. The lowest BCUT2D eigenvalue weighted by molar-refractivity contribution is 1.08. The average Bonchev–Trinajstić information content (AvgIpc) is 3.47. The monoisotopic (exact) mass is 565 g/mol. The Kier molecular flexibility index (Phi) is 5.37. The van der Waals surface area contributed by atoms with Crippen LogP contribution in [0.2, 0.25) is 0 Å². The largest absolute Gasteiger partial charge is 0.208 e. The van der Waals surface area contributed by atoms with Crippen LogP contribution in [0.3, 0.4) is 0 Å². The van der Waals surface area contributed by atoms with Crippen LogP contribution in [0.15, 0.2) is 140 Å². The van der Waals surface area contributed by atoms with Gasteiger partial charge in [0.25, 0.3) is 0 Å². The highest BCUT2D eigenvalue weighted by molar-refractivity contribution is 7.26. The Labute approximate surface area is 251 Å². The summed E-state index contributed by atoms with van der Waals surface area (Å²) >= 11 is 1.79. The predicted molar refractivity (Wildman–Crippen MR) is 182 cm³/mol. The summed E-state index contributed by atoms with van der Waals surface area (Å²) in [7, 11) is 0. The number of thiophene rings is 1. The van der Waals surface area contributed by atoms with E-state index in [4.69, 9.17) is 15.0 Å². The number of fused-ring (bicyclic) bond motifs is 8. The molecule has 0 saturated heterocycles. The normalized spacial score (nSPS) is 11.7. The topological polar surface area (TPSA) is 38.7 Å². The van der Waals surface area contributed by atoms with Gasteiger partial charge in [-0.25, -0.2) is 15.0 Å². The molecule has 9 rings (SSSR count). The third-order valence-corrected chi connectivity index (χ3v) is 9.54. The van der Waals surface area contributed by atoms with E-state index in [9.17, 15) is 0 Å². The summed E-state index contributed by atoms with van der Waals surface area (Å²) < 4.78 is 2.45. The fourth-order valence-corrected chi connectivity index (χ4v) is 7.53. The molecule has 0 atom stereocenters. The lowest BCUT2D eigenvalue weighted by atomic mass is 9.94. The third-order valence-electron chi connectivity index (χ3n) is 8.32. The first-order chi connectivity index (χ1) is 21.3. The maximum Gasteiger partial charge on any atom is 0.165 e. The van der Waals surface area contributed by atoms with Crippen LogP contribution in [0, 0.1) is 0 Å². The molecular weight excluding hydrogens is 543 g/mol. The van der Waals surface area contributed by atoms with Crippen LogP contribution in [-0.2, 0) is 0 Å². The van der Waals surface area contributed by atoms with Gasteiger partial charge in [0.2, 0.25) is 0 Å². The number of hydrogen-bond donors (Lipinski definition) is 0. The van der Waals surface area contributed by atoms with Crippen molar-refractivity contribution in [1.82, 2.24) is 15.0 Å². The summed E-state index contributed by atoms with van der Waals surface area (Å²) in [5.74, 6) is 2.03. The van der Waals surface area contributed by atoms with E-state index in [2.05, 4.69) is 121 Å². The molecule has 0 aliphatic rings. The van der Waals surface area contributed by atoms with Gasteiger partial charge in [0.1, 0.15) is 0 Å². The first kappa shape index (κ1) is 24.2. The summed E-state index contributed by atoms with van der Waals surface area (Å²) in [6, 6.07) is 49.1. The minimum Gasteiger partial charge on any atom is -0.208 e. The van der Waals surface area contributed by atoms with Crippen molar-refractivity contribution in [3.63, 3.8) is 0 Å². The molecule has 0 aliphatic carbocycles. The predicted octanol–water partition coefficient (Wildman–Crippen LogP) is 10.7. The second-order valence-electron chi connectivity index (χ2n) is 10.8. The van der Waals surface area contributed by atoms with Crippen LogP contribution in [-0.4, -0.2) is 15.0 Å². The Morgan fingerprint density at radius 2 is 1.00 bits per heavy atom. The highest BCUT2D eigenvalue weighted by Gasteiger charge is 2.18. The van der Waals surface area contributed by atoms with E-state index < -0.39 is 0 Å². The summed E-state index contributed by atoms with van der Waals surface area (Å²) in [6.45, 7) is 0. The van der Waals surface area contributed by atoms with E-state index in [0.717, 1.165) is 27.5 Å². The van der Waals surface area contributed by atoms with Crippen molar-refractivity contribution in [2.24, 2.45) is 0 Å². The molecule has 0 unspecified atom stereocenters. The standard InChI is InChI=1S/C39H23N3S/c1-2-11-26(12-3-1)37-40-38(42-39(41-37)33-18-9-16-31-29-15-6-7-19-34(29)43-36(31)33)32-17-8-13-25-21-22-28-27-14-5-4-10-24(27)20-23-30(28)35(25)32/h1-23H. The summed E-state index contributed by atoms with van der Waals surface area (Å²) in [5.41, 5.74) is 2.99. The van der Waals surface area contributed by atoms with Gasteiger partial charge in [-0.3, -0.25) is 0 Å². The maximum absolute atomic E-state index is 5.22. The maximum atomic E-state index is 5.22. The summed E-state index contributed by atoms with van der Waals surface area (Å²) in [4.78, 5) is 15.4. The van der Waals surface area contributed by atoms with Crippen molar-refractivity contribution in [3.05, 3.63) is 140 Å². The van der Waals surface area contributed by atoms with E-state index in [-0.39, 0.29) is 0 Å². The molecule has 200 valence electrons. The number of benzene rings is 7. The molecule has 4 heteroatoms. The van der Waals surface area contributed by atoms with Crippen molar-refractivity contribution in [2.45, 2.75) is 0 Å². The van der Waals surface area contributed by atoms with Gasteiger partial charge in [-0.2, -0.15) is 0 Å². The van der Waals surface area contributed by atoms with E-state index in [1.165, 1.54) is 41.7 Å². The number of aromatic nitrogens is 3. The number of nitrogens with zero attached hydrogens (tertiary/aromatic N) is 3. The molecule has 0 aliphatic heterocycles. The van der Waals surface area contributed by atoms with Gasteiger partial charge in [-0.05, 0) is 39.1 Å². The first-order valence-corrected chi connectivity index (χ1v) is 15.2. The zero-order valence-corrected chi connectivity index (χ0v) is 23.8. The Morgan fingerprint density at radius 3 is 1.91 bits per heavy atom. The minimum atomic E-state index is 0.668. The van der Waals surface area contributed by atoms with Crippen molar-refractivity contribution in [2.75, 3.05) is 0 Å². The smallest absolute Gasteiger partial charge is 0.165 e. The molecule has 43 heavy (non-hydrogen) atoms. The van der Waals surface area contributed by atoms with Crippen LogP contribution in [0.25, 0.3) is 86.7 Å². The van der Waals surface area contributed by atoms with Gasteiger partial charge >= 0.3 is 0 Å². The molecule has 0 amide bonds. The first-order valence-electron chi connectivity index (χ1n) is 14.4. The Bertz CT molecular complexity index is 2510. The summed E-state index contributed by atoms with van der Waals surface area (Å²) in [6.07, 6.45) is 0. The Hall–Kier alpha value is -5.45. The molecule has 3 nitrogen and oxygen atoms in total. The molecule has 0 N–H and O–H groups in total. The van der Waals surface area contributed by atoms with Gasteiger partial charge in [-0.15, -0.1) is 11.3 Å². The van der Waals surface area contributed by atoms with Crippen LogP contribution >= 0.6 is 11.3 Å². The minimum absolute atomic E-state index is 0.668. The lowest BCUT2D eigenvalue weighted by Gasteiger charge is -2.13. The molecule has 2 heterocycles. The van der Waals surface area contributed by atoms with Crippen molar-refractivity contribution >= 4 is 63.8 Å². The van der Waals surface area contributed by atoms with Gasteiger partial charge in [0, 0.05) is 42.2 Å². The van der Waals surface area contributed by atoms with Crippen LogP contribution in [0.1, 0.15) is 0 Å². The van der Waals surface area contributed by atoms with Gasteiger partial charge in [0.15, 0.2) is 17.5 Å². The number of hydrogen-bond acceptors (Lipinski definition) is 4.